The van der Waals surface area contributed by atoms with Crippen LogP contribution in [0.15, 0.2) is 36.4 Å². The molecule has 0 atom stereocenters. The van der Waals surface area contributed by atoms with E-state index in [1.165, 1.54) is 0 Å². The molecule has 0 unspecified atom stereocenters. The second kappa shape index (κ2) is 3.97. The van der Waals surface area contributed by atoms with E-state index in [1.807, 2.05) is 0 Å². The van der Waals surface area contributed by atoms with Gasteiger partial charge in [0.15, 0.2) is 0 Å². The highest BCUT2D eigenvalue weighted by molar-refractivity contribution is 5.66. The van der Waals surface area contributed by atoms with Gasteiger partial charge in [-0.25, -0.2) is 0 Å². The molecule has 0 aromatic heterocycles. The van der Waals surface area contributed by atoms with Crippen LogP contribution in [0.5, 0.6) is 0 Å². The maximum atomic E-state index is 12.2. The Morgan fingerprint density at radius 1 is 1.17 bits per heavy atom. The van der Waals surface area contributed by atoms with Gasteiger partial charge in [-0.05, 0) is 5.56 Å². The maximum absolute atomic E-state index is 12.2. The van der Waals surface area contributed by atoms with Crippen LogP contribution >= 0.6 is 0 Å². The lowest BCUT2D eigenvalue weighted by atomic mass is 10.1. The first-order chi connectivity index (χ1) is 5.75. The zero-order valence-corrected chi connectivity index (χ0v) is 6.56. The lowest BCUT2D eigenvalue weighted by Gasteiger charge is -1.99. The van der Waals surface area contributed by atoms with Crippen molar-refractivity contribution in [2.24, 2.45) is 0 Å². The molecular weight excluding hydrogens is 160 g/mol. The smallest absolute Gasteiger partial charge is 0.279 e. The number of rotatable bonds is 2. The molecule has 0 radical (unpaired) electrons. The molecule has 0 spiro atoms. The van der Waals surface area contributed by atoms with Gasteiger partial charge < -0.3 is 5.73 Å². The molecule has 1 nitrogen and oxygen atoms in total. The summed E-state index contributed by atoms with van der Waals surface area (Å²) in [5.74, 6) is 0. The monoisotopic (exact) mass is 170 g/mol. The second-order valence-corrected chi connectivity index (χ2v) is 2.35. The molecule has 0 fully saturated rings. The Labute approximate surface area is 69.5 Å². The van der Waals surface area contributed by atoms with E-state index < -0.39 is 6.08 Å². The van der Waals surface area contributed by atoms with Crippen LogP contribution in [-0.2, 0) is 0 Å². The van der Waals surface area contributed by atoms with Crippen molar-refractivity contribution in [1.29, 1.82) is 0 Å². The summed E-state index contributed by atoms with van der Waals surface area (Å²) in [6.07, 6.45) is -1.64. The predicted molar refractivity (Wildman–Crippen MR) is 43.3 cm³/mol. The topological polar surface area (TPSA) is 27.6 Å². The SMILES string of the molecule is [NH3+]CC(=C(F)F)c1ccccc1. The summed E-state index contributed by atoms with van der Waals surface area (Å²) < 4.78 is 24.4. The Morgan fingerprint density at radius 3 is 2.17 bits per heavy atom. The molecule has 0 bridgehead atoms. The minimum atomic E-state index is -1.64. The van der Waals surface area contributed by atoms with E-state index in [-0.39, 0.29) is 12.1 Å². The Balaban J connectivity index is 3.05. The fourth-order valence-corrected chi connectivity index (χ4v) is 0.987. The first-order valence-electron chi connectivity index (χ1n) is 3.64. The molecule has 64 valence electrons. The Bertz CT molecular complexity index is 276. The molecule has 0 heterocycles. The fraction of sp³-hybridized carbons (Fsp3) is 0.111. The van der Waals surface area contributed by atoms with Crippen LogP contribution in [0.1, 0.15) is 5.56 Å². The summed E-state index contributed by atoms with van der Waals surface area (Å²) in [6, 6.07) is 8.56. The molecule has 0 aliphatic rings. The Morgan fingerprint density at radius 2 is 1.75 bits per heavy atom. The normalized spacial score (nSPS) is 9.58. The van der Waals surface area contributed by atoms with Crippen molar-refractivity contribution >= 4 is 5.57 Å². The molecule has 0 aliphatic heterocycles. The summed E-state index contributed by atoms with van der Waals surface area (Å²) >= 11 is 0. The van der Waals surface area contributed by atoms with E-state index in [4.69, 9.17) is 0 Å². The van der Waals surface area contributed by atoms with Gasteiger partial charge in [0.1, 0.15) is 6.54 Å². The van der Waals surface area contributed by atoms with Crippen LogP contribution in [0.4, 0.5) is 8.78 Å². The summed E-state index contributed by atoms with van der Waals surface area (Å²) in [4.78, 5) is 0. The minimum Gasteiger partial charge on any atom is -0.354 e. The van der Waals surface area contributed by atoms with Crippen molar-refractivity contribution in [3.8, 4) is 0 Å². The van der Waals surface area contributed by atoms with Gasteiger partial charge in [-0.1, -0.05) is 30.3 Å². The molecular formula is C9H10F2N+. The van der Waals surface area contributed by atoms with Crippen molar-refractivity contribution in [1.82, 2.24) is 0 Å². The van der Waals surface area contributed by atoms with E-state index in [0.29, 0.717) is 5.56 Å². The van der Waals surface area contributed by atoms with Crippen LogP contribution in [0.25, 0.3) is 5.57 Å². The van der Waals surface area contributed by atoms with Gasteiger partial charge in [0.05, 0.1) is 5.57 Å². The average Bonchev–Trinajstić information content (AvgIpc) is 2.07. The molecule has 0 saturated heterocycles. The Kier molecular flexibility index (Phi) is 2.94. The Hall–Kier alpha value is -1.22. The molecule has 3 heteroatoms. The van der Waals surface area contributed by atoms with Crippen LogP contribution < -0.4 is 5.73 Å². The number of quaternary nitrogens is 1. The lowest BCUT2D eigenvalue weighted by Crippen LogP contribution is -2.50. The largest absolute Gasteiger partial charge is 0.354 e. The van der Waals surface area contributed by atoms with Gasteiger partial charge in [-0.15, -0.1) is 0 Å². The molecule has 3 N–H and O–H groups in total. The van der Waals surface area contributed by atoms with Gasteiger partial charge >= 0.3 is 0 Å². The van der Waals surface area contributed by atoms with Gasteiger partial charge in [0.2, 0.25) is 0 Å². The van der Waals surface area contributed by atoms with Crippen LogP contribution in [-0.4, -0.2) is 6.54 Å². The van der Waals surface area contributed by atoms with Gasteiger partial charge in [0.25, 0.3) is 6.08 Å². The highest BCUT2D eigenvalue weighted by atomic mass is 19.3. The average molecular weight is 170 g/mol. The summed E-state index contributed by atoms with van der Waals surface area (Å²) in [5, 5.41) is 0. The van der Waals surface area contributed by atoms with Crippen molar-refractivity contribution in [2.75, 3.05) is 6.54 Å². The van der Waals surface area contributed by atoms with E-state index in [1.54, 1.807) is 30.3 Å². The first-order valence-corrected chi connectivity index (χ1v) is 3.64. The fourth-order valence-electron chi connectivity index (χ4n) is 0.987. The summed E-state index contributed by atoms with van der Waals surface area (Å²) in [5.41, 5.74) is 4.02. The third-order valence-corrected chi connectivity index (χ3v) is 1.60. The third kappa shape index (κ3) is 1.89. The summed E-state index contributed by atoms with van der Waals surface area (Å²) in [6.45, 7) is 0.117. The van der Waals surface area contributed by atoms with Gasteiger partial charge in [0, 0.05) is 0 Å². The van der Waals surface area contributed by atoms with E-state index in [9.17, 15) is 8.78 Å². The zero-order valence-electron chi connectivity index (χ0n) is 6.56. The van der Waals surface area contributed by atoms with Gasteiger partial charge in [-0.2, -0.15) is 8.78 Å². The van der Waals surface area contributed by atoms with E-state index in [0.717, 1.165) is 0 Å². The quantitative estimate of drug-likeness (QED) is 0.697. The van der Waals surface area contributed by atoms with Gasteiger partial charge in [-0.3, -0.25) is 0 Å². The molecule has 0 saturated carbocycles. The van der Waals surface area contributed by atoms with Crippen molar-refractivity contribution in [3.63, 3.8) is 0 Å². The predicted octanol–water partition coefficient (Wildman–Crippen LogP) is 1.54. The number of halogens is 2. The molecule has 1 rings (SSSR count). The third-order valence-electron chi connectivity index (χ3n) is 1.60. The molecule has 1 aromatic rings. The second-order valence-electron chi connectivity index (χ2n) is 2.35. The molecule has 0 aliphatic carbocycles. The highest BCUT2D eigenvalue weighted by Gasteiger charge is 2.07. The molecule has 0 amide bonds. The zero-order chi connectivity index (χ0) is 8.97. The van der Waals surface area contributed by atoms with Crippen LogP contribution in [0.2, 0.25) is 0 Å². The van der Waals surface area contributed by atoms with E-state index >= 15 is 0 Å². The number of hydrogen-bond acceptors (Lipinski definition) is 0. The molecule has 12 heavy (non-hydrogen) atoms. The number of benzene rings is 1. The maximum Gasteiger partial charge on any atom is 0.279 e. The highest BCUT2D eigenvalue weighted by Crippen LogP contribution is 2.18. The first kappa shape index (κ1) is 8.87. The number of hydrogen-bond donors (Lipinski definition) is 1. The van der Waals surface area contributed by atoms with Crippen LogP contribution in [0, 0.1) is 0 Å². The molecule has 1 aromatic carbocycles. The van der Waals surface area contributed by atoms with Crippen molar-refractivity contribution in [2.45, 2.75) is 0 Å². The van der Waals surface area contributed by atoms with Crippen molar-refractivity contribution in [3.05, 3.63) is 42.0 Å². The van der Waals surface area contributed by atoms with Crippen molar-refractivity contribution < 1.29 is 14.5 Å². The standard InChI is InChI=1S/C9H9F2N/c10-9(11)8(6-12)7-4-2-1-3-5-7/h1-5H,6,12H2/p+1. The minimum absolute atomic E-state index is 0.0237. The summed E-state index contributed by atoms with van der Waals surface area (Å²) in [7, 11) is 0. The lowest BCUT2D eigenvalue weighted by molar-refractivity contribution is -0.349. The van der Waals surface area contributed by atoms with Crippen LogP contribution in [0.3, 0.4) is 0 Å². The van der Waals surface area contributed by atoms with E-state index in [2.05, 4.69) is 5.73 Å².